The fourth-order valence-corrected chi connectivity index (χ4v) is 1.82. The van der Waals surface area contributed by atoms with E-state index < -0.39 is 0 Å². The maximum Gasteiger partial charge on any atom is 0.344 e. The van der Waals surface area contributed by atoms with Crippen LogP contribution in [0.4, 0.5) is 0 Å². The van der Waals surface area contributed by atoms with Crippen LogP contribution in [0.5, 0.6) is 5.75 Å². The van der Waals surface area contributed by atoms with E-state index in [9.17, 15) is 4.79 Å². The standard InChI is InChI=1S/C13H18BrNO3/c1-8(2)18-13(16)7-17-12-5-4-10(14)6-11(12)9(3)15/h4-6,8-9H,7,15H2,1-3H3. The highest BCUT2D eigenvalue weighted by atomic mass is 79.9. The minimum atomic E-state index is -0.386. The fraction of sp³-hybridized carbons (Fsp3) is 0.462. The van der Waals surface area contributed by atoms with Crippen molar-refractivity contribution in [3.8, 4) is 5.75 Å². The molecule has 1 aromatic carbocycles. The predicted molar refractivity (Wildman–Crippen MR) is 73.5 cm³/mol. The quantitative estimate of drug-likeness (QED) is 0.849. The minimum Gasteiger partial charge on any atom is -0.482 e. The summed E-state index contributed by atoms with van der Waals surface area (Å²) >= 11 is 3.37. The number of carbonyl (C=O) groups excluding carboxylic acids is 1. The Balaban J connectivity index is 2.70. The first-order chi connectivity index (χ1) is 8.40. The molecule has 0 fully saturated rings. The third-order valence-corrected chi connectivity index (χ3v) is 2.67. The van der Waals surface area contributed by atoms with Crippen LogP contribution in [0.1, 0.15) is 32.4 Å². The molecule has 0 aliphatic heterocycles. The number of esters is 1. The van der Waals surface area contributed by atoms with Gasteiger partial charge in [0.25, 0.3) is 0 Å². The number of benzene rings is 1. The van der Waals surface area contributed by atoms with Crippen LogP contribution in [-0.4, -0.2) is 18.7 Å². The molecule has 2 N–H and O–H groups in total. The molecule has 1 atom stereocenters. The van der Waals surface area contributed by atoms with Gasteiger partial charge in [-0.15, -0.1) is 0 Å². The van der Waals surface area contributed by atoms with Crippen molar-refractivity contribution in [3.05, 3.63) is 28.2 Å². The fourth-order valence-electron chi connectivity index (χ4n) is 1.44. The Morgan fingerprint density at radius 3 is 2.61 bits per heavy atom. The molecule has 18 heavy (non-hydrogen) atoms. The molecule has 1 rings (SSSR count). The number of nitrogens with two attached hydrogens (primary N) is 1. The molecular formula is C13H18BrNO3. The van der Waals surface area contributed by atoms with E-state index in [-0.39, 0.29) is 24.7 Å². The zero-order valence-electron chi connectivity index (χ0n) is 10.8. The van der Waals surface area contributed by atoms with Gasteiger partial charge >= 0.3 is 5.97 Å². The van der Waals surface area contributed by atoms with Crippen LogP contribution < -0.4 is 10.5 Å². The van der Waals surface area contributed by atoms with Crippen LogP contribution >= 0.6 is 15.9 Å². The SMILES string of the molecule is CC(C)OC(=O)COc1ccc(Br)cc1C(C)N. The molecule has 4 nitrogen and oxygen atoms in total. The Hall–Kier alpha value is -1.07. The summed E-state index contributed by atoms with van der Waals surface area (Å²) in [4.78, 5) is 11.4. The summed E-state index contributed by atoms with van der Waals surface area (Å²) in [6.07, 6.45) is -0.140. The minimum absolute atomic E-state index is 0.112. The maximum atomic E-state index is 11.4. The van der Waals surface area contributed by atoms with Crippen molar-refractivity contribution >= 4 is 21.9 Å². The average Bonchev–Trinajstić information content (AvgIpc) is 2.26. The van der Waals surface area contributed by atoms with Gasteiger partial charge in [-0.3, -0.25) is 0 Å². The van der Waals surface area contributed by atoms with Gasteiger partial charge < -0.3 is 15.2 Å². The van der Waals surface area contributed by atoms with Crippen molar-refractivity contribution < 1.29 is 14.3 Å². The van der Waals surface area contributed by atoms with E-state index in [1.807, 2.05) is 19.1 Å². The molecule has 5 heteroatoms. The number of rotatable bonds is 5. The lowest BCUT2D eigenvalue weighted by Crippen LogP contribution is -2.19. The summed E-state index contributed by atoms with van der Waals surface area (Å²) in [7, 11) is 0. The Kier molecular flexibility index (Phi) is 5.62. The molecule has 0 saturated carbocycles. The second-order valence-electron chi connectivity index (χ2n) is 4.30. The highest BCUT2D eigenvalue weighted by molar-refractivity contribution is 9.10. The van der Waals surface area contributed by atoms with E-state index in [0.717, 1.165) is 10.0 Å². The van der Waals surface area contributed by atoms with E-state index >= 15 is 0 Å². The van der Waals surface area contributed by atoms with E-state index in [0.29, 0.717) is 5.75 Å². The van der Waals surface area contributed by atoms with Gasteiger partial charge in [-0.1, -0.05) is 15.9 Å². The van der Waals surface area contributed by atoms with Crippen molar-refractivity contribution in [3.63, 3.8) is 0 Å². The smallest absolute Gasteiger partial charge is 0.344 e. The van der Waals surface area contributed by atoms with Crippen molar-refractivity contribution in [2.45, 2.75) is 32.9 Å². The molecule has 0 heterocycles. The Morgan fingerprint density at radius 2 is 2.06 bits per heavy atom. The summed E-state index contributed by atoms with van der Waals surface area (Å²) in [6, 6.07) is 5.34. The normalized spacial score (nSPS) is 12.3. The first-order valence-corrected chi connectivity index (χ1v) is 6.56. The number of hydrogen-bond donors (Lipinski definition) is 1. The van der Waals surface area contributed by atoms with Gasteiger partial charge in [-0.05, 0) is 39.0 Å². The number of ether oxygens (including phenoxy) is 2. The molecule has 0 spiro atoms. The summed E-state index contributed by atoms with van der Waals surface area (Å²) in [5.74, 6) is 0.220. The third kappa shape index (κ3) is 4.66. The molecule has 100 valence electrons. The van der Waals surface area contributed by atoms with E-state index in [4.69, 9.17) is 15.2 Å². The first-order valence-electron chi connectivity index (χ1n) is 5.77. The van der Waals surface area contributed by atoms with Crippen molar-refractivity contribution in [1.29, 1.82) is 0 Å². The van der Waals surface area contributed by atoms with Gasteiger partial charge in [0.1, 0.15) is 5.75 Å². The highest BCUT2D eigenvalue weighted by Gasteiger charge is 2.12. The molecule has 0 aliphatic rings. The van der Waals surface area contributed by atoms with Crippen molar-refractivity contribution in [2.24, 2.45) is 5.73 Å². The lowest BCUT2D eigenvalue weighted by Gasteiger charge is -2.14. The first kappa shape index (κ1) is 15.0. The van der Waals surface area contributed by atoms with Gasteiger partial charge in [0.15, 0.2) is 6.61 Å². The van der Waals surface area contributed by atoms with Gasteiger partial charge in [0, 0.05) is 16.1 Å². The van der Waals surface area contributed by atoms with Crippen molar-refractivity contribution in [2.75, 3.05) is 6.61 Å². The summed E-state index contributed by atoms with van der Waals surface area (Å²) in [5.41, 5.74) is 6.70. The van der Waals surface area contributed by atoms with Crippen LogP contribution in [0.25, 0.3) is 0 Å². The molecule has 0 aliphatic carbocycles. The monoisotopic (exact) mass is 315 g/mol. The van der Waals surface area contributed by atoms with Crippen molar-refractivity contribution in [1.82, 2.24) is 0 Å². The molecule has 1 aromatic rings. The molecular weight excluding hydrogens is 298 g/mol. The Morgan fingerprint density at radius 1 is 1.39 bits per heavy atom. The summed E-state index contributed by atoms with van der Waals surface area (Å²) < 4.78 is 11.4. The molecule has 0 bridgehead atoms. The molecule has 0 radical (unpaired) electrons. The second-order valence-corrected chi connectivity index (χ2v) is 5.21. The van der Waals surface area contributed by atoms with Gasteiger partial charge in [-0.2, -0.15) is 0 Å². The second kappa shape index (κ2) is 6.75. The van der Waals surface area contributed by atoms with Gasteiger partial charge in [0.05, 0.1) is 6.10 Å². The predicted octanol–water partition coefficient (Wildman–Crippen LogP) is 2.80. The molecule has 0 saturated heterocycles. The van der Waals surface area contributed by atoms with E-state index in [1.54, 1.807) is 19.9 Å². The molecule has 0 amide bonds. The van der Waals surface area contributed by atoms with Crippen LogP contribution in [0, 0.1) is 0 Å². The number of halogens is 1. The lowest BCUT2D eigenvalue weighted by molar-refractivity contribution is -0.149. The van der Waals surface area contributed by atoms with Crippen LogP contribution in [0.3, 0.4) is 0 Å². The Labute approximate surface area is 116 Å². The molecule has 0 aromatic heterocycles. The third-order valence-electron chi connectivity index (χ3n) is 2.18. The van der Waals surface area contributed by atoms with E-state index in [2.05, 4.69) is 15.9 Å². The van der Waals surface area contributed by atoms with Gasteiger partial charge in [0.2, 0.25) is 0 Å². The largest absolute Gasteiger partial charge is 0.482 e. The van der Waals surface area contributed by atoms with Crippen LogP contribution in [-0.2, 0) is 9.53 Å². The lowest BCUT2D eigenvalue weighted by atomic mass is 10.1. The van der Waals surface area contributed by atoms with E-state index in [1.165, 1.54) is 0 Å². The zero-order valence-corrected chi connectivity index (χ0v) is 12.4. The average molecular weight is 316 g/mol. The Bertz CT molecular complexity index is 419. The van der Waals surface area contributed by atoms with Crippen LogP contribution in [0.15, 0.2) is 22.7 Å². The maximum absolute atomic E-state index is 11.4. The van der Waals surface area contributed by atoms with Crippen LogP contribution in [0.2, 0.25) is 0 Å². The zero-order chi connectivity index (χ0) is 13.7. The highest BCUT2D eigenvalue weighted by Crippen LogP contribution is 2.27. The summed E-state index contributed by atoms with van der Waals surface area (Å²) in [5, 5.41) is 0. The molecule has 1 unspecified atom stereocenters. The number of carbonyl (C=O) groups is 1. The summed E-state index contributed by atoms with van der Waals surface area (Å²) in [6.45, 7) is 5.34. The number of hydrogen-bond acceptors (Lipinski definition) is 4. The van der Waals surface area contributed by atoms with Gasteiger partial charge in [-0.25, -0.2) is 4.79 Å². The topological polar surface area (TPSA) is 61.5 Å².